The second-order valence-corrected chi connectivity index (χ2v) is 4.26. The molecule has 0 spiro atoms. The van der Waals surface area contributed by atoms with E-state index in [1.54, 1.807) is 0 Å². The molecule has 0 aliphatic carbocycles. The van der Waals surface area contributed by atoms with Crippen LogP contribution >= 0.6 is 0 Å². The molecule has 0 saturated carbocycles. The van der Waals surface area contributed by atoms with Gasteiger partial charge >= 0.3 is 0 Å². The van der Waals surface area contributed by atoms with Gasteiger partial charge in [0.05, 0.1) is 10.5 Å². The molecule has 0 rings (SSSR count). The van der Waals surface area contributed by atoms with Crippen LogP contribution in [0.3, 0.4) is 0 Å². The van der Waals surface area contributed by atoms with Crippen molar-refractivity contribution in [2.45, 2.75) is 6.92 Å². The van der Waals surface area contributed by atoms with Crippen LogP contribution in [0.4, 0.5) is 0 Å². The summed E-state index contributed by atoms with van der Waals surface area (Å²) in [6.07, 6.45) is 0.854. The number of nitrogens with two attached hydrogens (primary N) is 1. The normalized spacial score (nSPS) is 10.8. The molecule has 0 saturated heterocycles. The van der Waals surface area contributed by atoms with E-state index in [1.165, 1.54) is 0 Å². The van der Waals surface area contributed by atoms with Crippen molar-refractivity contribution < 1.29 is 13.3 Å². The fraction of sp³-hybridized carbons (Fsp3) is 1.00. The predicted octanol–water partition coefficient (Wildman–Crippen LogP) is -0.278. The maximum absolute atomic E-state index is 9.33. The topological polar surface area (TPSA) is 86.8 Å². The average Bonchev–Trinajstić information content (AvgIpc) is 1.56. The van der Waals surface area contributed by atoms with E-state index in [4.69, 9.17) is 14.8 Å². The van der Waals surface area contributed by atoms with Crippen LogP contribution in [0, 0.1) is 0 Å². The minimum absolute atomic E-state index is 0.750. The Kier molecular flexibility index (Phi) is 16.4. The first-order chi connectivity index (χ1) is 5.15. The fourth-order valence-corrected chi connectivity index (χ4v) is 0. The lowest BCUT2D eigenvalue weighted by molar-refractivity contribution is 0.431. The smallest absolute Gasteiger partial charge is 0.0705 e. The molecule has 0 heterocycles. The minimum Gasteiger partial charge on any atom is -0.331 e. The van der Waals surface area contributed by atoms with Gasteiger partial charge in [-0.25, -0.2) is 4.21 Å². The quantitative estimate of drug-likeness (QED) is 0.406. The van der Waals surface area contributed by atoms with Crippen molar-refractivity contribution in [3.63, 3.8) is 0 Å². The highest BCUT2D eigenvalue weighted by Crippen LogP contribution is 1.74. The van der Waals surface area contributed by atoms with Gasteiger partial charge in [-0.2, -0.15) is 0 Å². The van der Waals surface area contributed by atoms with Crippen molar-refractivity contribution in [1.29, 1.82) is 0 Å². The van der Waals surface area contributed by atoms with Gasteiger partial charge in [-0.1, -0.05) is 6.92 Å². The van der Waals surface area contributed by atoms with Gasteiger partial charge in [0.2, 0.25) is 0 Å². The van der Waals surface area contributed by atoms with Crippen LogP contribution in [0.15, 0.2) is 0 Å². The Morgan fingerprint density at radius 3 is 1.33 bits per heavy atom. The van der Waals surface area contributed by atoms with E-state index < -0.39 is 10.5 Å². The number of thiol groups is 1. The summed E-state index contributed by atoms with van der Waals surface area (Å²) in [7, 11) is 2.36. The van der Waals surface area contributed by atoms with E-state index >= 15 is 0 Å². The van der Waals surface area contributed by atoms with Gasteiger partial charge in [-0.15, -0.1) is 0 Å². The molecule has 5 nitrogen and oxygen atoms in total. The molecule has 0 amide bonds. The van der Waals surface area contributed by atoms with Crippen molar-refractivity contribution >= 4 is 10.5 Å². The van der Waals surface area contributed by atoms with Crippen molar-refractivity contribution in [3.05, 3.63) is 0 Å². The third kappa shape index (κ3) is 8070000. The van der Waals surface area contributed by atoms with Crippen molar-refractivity contribution in [3.8, 4) is 0 Å². The highest BCUT2D eigenvalue weighted by molar-refractivity contribution is 7.91. The highest BCUT2D eigenvalue weighted by Gasteiger charge is 1.82. The fourth-order valence-electron chi connectivity index (χ4n) is 0. The number of hydrogen-bond donors (Lipinski definition) is 4. The third-order valence-electron chi connectivity index (χ3n) is 0. The second kappa shape index (κ2) is 11.0. The Labute approximate surface area is 76.0 Å². The van der Waals surface area contributed by atoms with E-state index in [0.29, 0.717) is 0 Å². The standard InChI is InChI=1S/C3H9N.C2H7N.CH6O3S/c1-4(2)3;1-2-3;1-5(2,3)4/h1-3H3;2-3H2,1H3;5H,1H3,(H2,2,3,4). The molecule has 0 aromatic heterocycles. The van der Waals surface area contributed by atoms with Crippen LogP contribution in [-0.2, 0) is 10.5 Å². The molecule has 0 atom stereocenters. The monoisotopic (exact) mass is 202 g/mol. The van der Waals surface area contributed by atoms with Crippen molar-refractivity contribution in [2.24, 2.45) is 5.73 Å². The minimum atomic E-state index is -3.64. The lowest BCUT2D eigenvalue weighted by atomic mass is 10.8. The van der Waals surface area contributed by atoms with E-state index in [-0.39, 0.29) is 0 Å². The van der Waals surface area contributed by atoms with Gasteiger partial charge in [0.15, 0.2) is 0 Å². The Bertz CT molecular complexity index is 102. The second-order valence-electron chi connectivity index (χ2n) is 2.59. The van der Waals surface area contributed by atoms with Gasteiger partial charge < -0.3 is 19.7 Å². The largest absolute Gasteiger partial charge is 0.331 e. The van der Waals surface area contributed by atoms with Crippen molar-refractivity contribution in [1.82, 2.24) is 4.90 Å². The van der Waals surface area contributed by atoms with Crippen LogP contribution in [0.25, 0.3) is 0 Å². The van der Waals surface area contributed by atoms with Crippen LogP contribution in [0.1, 0.15) is 6.92 Å². The molecular formula is C6H22N2O3S. The molecule has 0 radical (unpaired) electrons. The molecule has 0 bridgehead atoms. The summed E-state index contributed by atoms with van der Waals surface area (Å²) in [5, 5.41) is 0. The molecule has 12 heavy (non-hydrogen) atoms. The Balaban J connectivity index is -0.000000105. The molecule has 4 N–H and O–H groups in total. The summed E-state index contributed by atoms with van der Waals surface area (Å²) in [6, 6.07) is 0. The van der Waals surface area contributed by atoms with Crippen LogP contribution in [-0.4, -0.2) is 52.2 Å². The maximum Gasteiger partial charge on any atom is 0.0705 e. The van der Waals surface area contributed by atoms with Gasteiger partial charge in [-0.05, 0) is 27.7 Å². The molecule has 80 valence electrons. The van der Waals surface area contributed by atoms with Crippen LogP contribution < -0.4 is 5.73 Å². The SMILES string of the molecule is CCN.CN(C)C.C[SH](=O)(O)O. The molecule has 0 aliphatic rings. The lowest BCUT2D eigenvalue weighted by Crippen LogP contribution is -2.01. The summed E-state index contributed by atoms with van der Waals surface area (Å²) < 4.78 is 24.6. The molecule has 6 heteroatoms. The van der Waals surface area contributed by atoms with Gasteiger partial charge in [0.25, 0.3) is 0 Å². The maximum atomic E-state index is 9.33. The first kappa shape index (κ1) is 17.9. The summed E-state index contributed by atoms with van der Waals surface area (Å²) in [5.74, 6) is 0. The third-order valence-corrected chi connectivity index (χ3v) is 0. The highest BCUT2D eigenvalue weighted by atomic mass is 32.3. The number of rotatable bonds is 0. The van der Waals surface area contributed by atoms with Crippen LogP contribution in [0.5, 0.6) is 0 Å². The number of nitrogens with zero attached hydrogens (tertiary/aromatic N) is 1. The van der Waals surface area contributed by atoms with E-state index in [0.717, 1.165) is 12.8 Å². The van der Waals surface area contributed by atoms with Crippen molar-refractivity contribution in [2.75, 3.05) is 33.9 Å². The van der Waals surface area contributed by atoms with Gasteiger partial charge in [0, 0.05) is 6.26 Å². The van der Waals surface area contributed by atoms with E-state index in [9.17, 15) is 4.21 Å². The van der Waals surface area contributed by atoms with E-state index in [1.807, 2.05) is 33.0 Å². The van der Waals surface area contributed by atoms with Gasteiger partial charge in [0.1, 0.15) is 0 Å². The summed E-state index contributed by atoms with van der Waals surface area (Å²) in [6.45, 7) is 2.65. The first-order valence-electron chi connectivity index (χ1n) is 3.49. The molecule has 0 aromatic rings. The Hall–Kier alpha value is -0.0100. The van der Waals surface area contributed by atoms with Crippen LogP contribution in [0.2, 0.25) is 0 Å². The summed E-state index contributed by atoms with van der Waals surface area (Å²) in [5.41, 5.74) is 4.85. The molecule has 0 fully saturated rings. The molecular weight excluding hydrogens is 180 g/mol. The molecule has 0 aliphatic heterocycles. The molecule has 0 aromatic carbocycles. The Morgan fingerprint density at radius 2 is 1.33 bits per heavy atom. The lowest BCUT2D eigenvalue weighted by Gasteiger charge is -1.95. The summed E-state index contributed by atoms with van der Waals surface area (Å²) in [4.78, 5) is 2.00. The zero-order valence-electron chi connectivity index (χ0n) is 8.48. The predicted molar refractivity (Wildman–Crippen MR) is 55.1 cm³/mol. The van der Waals surface area contributed by atoms with Gasteiger partial charge in [-0.3, -0.25) is 0 Å². The zero-order chi connectivity index (χ0) is 10.8. The first-order valence-corrected chi connectivity index (χ1v) is 5.55. The average molecular weight is 202 g/mol. The Morgan fingerprint density at radius 1 is 1.33 bits per heavy atom. The summed E-state index contributed by atoms with van der Waals surface area (Å²) >= 11 is 0. The number of hydrogen-bond acceptors (Lipinski definition) is 3. The zero-order valence-corrected chi connectivity index (χ0v) is 9.38. The van der Waals surface area contributed by atoms with E-state index in [2.05, 4.69) is 0 Å². The molecule has 0 unspecified atom stereocenters.